The van der Waals surface area contributed by atoms with Gasteiger partial charge in [-0.1, -0.05) is 16.8 Å². The molecule has 0 spiro atoms. The van der Waals surface area contributed by atoms with E-state index >= 15 is 0 Å². The van der Waals surface area contributed by atoms with E-state index in [0.29, 0.717) is 52.8 Å². The predicted molar refractivity (Wildman–Crippen MR) is 70.2 cm³/mol. The Morgan fingerprint density at radius 2 is 2.20 bits per heavy atom. The molecule has 0 atom stereocenters. The monoisotopic (exact) mass is 297 g/mol. The number of nitrogens with two attached hydrogens (primary N) is 1. The number of fused-ring (bicyclic) bond motifs is 1. The lowest BCUT2D eigenvalue weighted by Crippen LogP contribution is -2.16. The lowest BCUT2D eigenvalue weighted by molar-refractivity contribution is 0.171. The summed E-state index contributed by atoms with van der Waals surface area (Å²) >= 11 is 6.19. The van der Waals surface area contributed by atoms with Gasteiger partial charge in [-0.2, -0.15) is 4.98 Å². The van der Waals surface area contributed by atoms with Gasteiger partial charge in [-0.3, -0.25) is 0 Å². The fourth-order valence-electron chi connectivity index (χ4n) is 1.98. The predicted octanol–water partition coefficient (Wildman–Crippen LogP) is 1.63. The Morgan fingerprint density at radius 1 is 1.40 bits per heavy atom. The first-order valence-electron chi connectivity index (χ1n) is 5.93. The number of methoxy groups -OCH3 is 1. The Hall–Kier alpha value is -1.99. The van der Waals surface area contributed by atoms with E-state index in [9.17, 15) is 0 Å². The Morgan fingerprint density at radius 3 is 2.90 bits per heavy atom. The quantitative estimate of drug-likeness (QED) is 0.920. The number of hydrogen-bond donors (Lipinski definition) is 1. The second kappa shape index (κ2) is 5.18. The maximum atomic E-state index is 6.19. The highest BCUT2D eigenvalue weighted by Gasteiger charge is 2.27. The molecule has 8 heteroatoms. The van der Waals surface area contributed by atoms with E-state index in [1.165, 1.54) is 7.11 Å². The first-order chi connectivity index (χ1) is 9.74. The zero-order valence-corrected chi connectivity index (χ0v) is 11.4. The molecule has 7 nitrogen and oxygen atoms in total. The summed E-state index contributed by atoms with van der Waals surface area (Å²) in [5.41, 5.74) is 5.97. The van der Waals surface area contributed by atoms with Gasteiger partial charge in [-0.15, -0.1) is 0 Å². The van der Waals surface area contributed by atoms with E-state index in [1.54, 1.807) is 6.07 Å². The number of benzene rings is 1. The lowest BCUT2D eigenvalue weighted by atomic mass is 10.1. The van der Waals surface area contributed by atoms with Crippen LogP contribution in [0.1, 0.15) is 5.89 Å². The number of aromatic nitrogens is 2. The zero-order chi connectivity index (χ0) is 14.1. The summed E-state index contributed by atoms with van der Waals surface area (Å²) in [4.78, 5) is 4.18. The third kappa shape index (κ3) is 2.04. The maximum Gasteiger partial charge on any atom is 0.240 e. The molecular weight excluding hydrogens is 286 g/mol. The van der Waals surface area contributed by atoms with Crippen molar-refractivity contribution in [1.82, 2.24) is 10.1 Å². The molecule has 2 aromatic rings. The van der Waals surface area contributed by atoms with Crippen LogP contribution in [0.25, 0.3) is 11.4 Å². The minimum absolute atomic E-state index is 0.148. The second-order valence-corrected chi connectivity index (χ2v) is 4.41. The summed E-state index contributed by atoms with van der Waals surface area (Å²) in [5, 5.41) is 4.26. The minimum atomic E-state index is 0.148. The van der Waals surface area contributed by atoms with E-state index in [0.717, 1.165) is 0 Å². The van der Waals surface area contributed by atoms with Gasteiger partial charge in [0.1, 0.15) is 18.8 Å². The SMILES string of the molecule is COc1c(Cl)cc2c(c1-c1noc(CN)n1)OCCO2. The van der Waals surface area contributed by atoms with E-state index in [2.05, 4.69) is 10.1 Å². The molecule has 2 N–H and O–H groups in total. The van der Waals surface area contributed by atoms with Crippen molar-refractivity contribution in [3.05, 3.63) is 17.0 Å². The summed E-state index contributed by atoms with van der Waals surface area (Å²) in [7, 11) is 1.50. The average Bonchev–Trinajstić information content (AvgIpc) is 2.94. The fourth-order valence-corrected chi connectivity index (χ4v) is 2.25. The highest BCUT2D eigenvalue weighted by Crippen LogP contribution is 2.48. The molecule has 3 rings (SSSR count). The van der Waals surface area contributed by atoms with Crippen molar-refractivity contribution in [3.63, 3.8) is 0 Å². The van der Waals surface area contributed by atoms with Gasteiger partial charge in [-0.25, -0.2) is 0 Å². The van der Waals surface area contributed by atoms with Crippen molar-refractivity contribution in [2.45, 2.75) is 6.54 Å². The highest BCUT2D eigenvalue weighted by atomic mass is 35.5. The molecule has 1 aromatic heterocycles. The number of nitrogens with zero attached hydrogens (tertiary/aromatic N) is 2. The van der Waals surface area contributed by atoms with Crippen molar-refractivity contribution >= 4 is 11.6 Å². The number of hydrogen-bond acceptors (Lipinski definition) is 7. The van der Waals surface area contributed by atoms with Crippen LogP contribution < -0.4 is 19.9 Å². The summed E-state index contributed by atoms with van der Waals surface area (Å²) in [6, 6.07) is 1.64. The minimum Gasteiger partial charge on any atom is -0.494 e. The first-order valence-corrected chi connectivity index (χ1v) is 6.31. The number of halogens is 1. The van der Waals surface area contributed by atoms with Crippen molar-refractivity contribution < 1.29 is 18.7 Å². The van der Waals surface area contributed by atoms with Crippen LogP contribution >= 0.6 is 11.6 Å². The second-order valence-electron chi connectivity index (χ2n) is 4.01. The van der Waals surface area contributed by atoms with E-state index in [-0.39, 0.29) is 6.54 Å². The first kappa shape index (κ1) is 13.0. The van der Waals surface area contributed by atoms with Gasteiger partial charge in [0.05, 0.1) is 18.7 Å². The molecule has 0 radical (unpaired) electrons. The normalized spacial score (nSPS) is 13.3. The third-order valence-electron chi connectivity index (χ3n) is 2.81. The Kier molecular flexibility index (Phi) is 3.37. The molecule has 0 bridgehead atoms. The zero-order valence-electron chi connectivity index (χ0n) is 10.7. The molecule has 1 aliphatic rings. The molecule has 0 saturated carbocycles. The summed E-state index contributed by atoms with van der Waals surface area (Å²) < 4.78 is 21.5. The van der Waals surface area contributed by atoms with Crippen molar-refractivity contribution in [2.75, 3.05) is 20.3 Å². The molecule has 0 amide bonds. The molecule has 1 aliphatic heterocycles. The average molecular weight is 298 g/mol. The van der Waals surface area contributed by atoms with Crippen molar-refractivity contribution in [1.29, 1.82) is 0 Å². The Bertz CT molecular complexity index is 644. The maximum absolute atomic E-state index is 6.19. The summed E-state index contributed by atoms with van der Waals surface area (Å²) in [5.74, 6) is 2.03. The lowest BCUT2D eigenvalue weighted by Gasteiger charge is -2.22. The van der Waals surface area contributed by atoms with Gasteiger partial charge in [0.15, 0.2) is 17.2 Å². The molecule has 106 valence electrons. The van der Waals surface area contributed by atoms with Crippen LogP contribution in [0.4, 0.5) is 0 Å². The molecule has 0 aliphatic carbocycles. The van der Waals surface area contributed by atoms with Crippen molar-refractivity contribution in [2.24, 2.45) is 5.73 Å². The van der Waals surface area contributed by atoms with Crippen LogP contribution in [0.15, 0.2) is 10.6 Å². The molecule has 0 fully saturated rings. The Labute approximate surface area is 119 Å². The van der Waals surface area contributed by atoms with Crippen LogP contribution in [0.5, 0.6) is 17.2 Å². The van der Waals surface area contributed by atoms with E-state index in [4.69, 9.17) is 36.1 Å². The van der Waals surface area contributed by atoms with Crippen LogP contribution in [0.3, 0.4) is 0 Å². The van der Waals surface area contributed by atoms with Crippen LogP contribution in [-0.2, 0) is 6.54 Å². The number of ether oxygens (including phenoxy) is 3. The largest absolute Gasteiger partial charge is 0.494 e. The fraction of sp³-hybridized carbons (Fsp3) is 0.333. The van der Waals surface area contributed by atoms with Crippen LogP contribution in [0, 0.1) is 0 Å². The van der Waals surface area contributed by atoms with Crippen LogP contribution in [0.2, 0.25) is 5.02 Å². The van der Waals surface area contributed by atoms with Gasteiger partial charge in [0.2, 0.25) is 11.7 Å². The molecule has 0 unspecified atom stereocenters. The highest BCUT2D eigenvalue weighted by molar-refractivity contribution is 6.33. The van der Waals surface area contributed by atoms with Crippen LogP contribution in [-0.4, -0.2) is 30.5 Å². The molecule has 20 heavy (non-hydrogen) atoms. The molecule has 2 heterocycles. The van der Waals surface area contributed by atoms with Gasteiger partial charge in [-0.05, 0) is 0 Å². The summed E-state index contributed by atoms with van der Waals surface area (Å²) in [6.07, 6.45) is 0. The number of rotatable bonds is 3. The smallest absolute Gasteiger partial charge is 0.240 e. The molecule has 1 aromatic carbocycles. The summed E-state index contributed by atoms with van der Waals surface area (Å²) in [6.45, 7) is 1.03. The van der Waals surface area contributed by atoms with E-state index in [1.807, 2.05) is 0 Å². The van der Waals surface area contributed by atoms with E-state index < -0.39 is 0 Å². The Balaban J connectivity index is 2.23. The van der Waals surface area contributed by atoms with Gasteiger partial charge >= 0.3 is 0 Å². The van der Waals surface area contributed by atoms with Gasteiger partial charge < -0.3 is 24.5 Å². The molecule has 0 saturated heterocycles. The van der Waals surface area contributed by atoms with Gasteiger partial charge in [0, 0.05) is 6.07 Å². The molecular formula is C12H12ClN3O4. The third-order valence-corrected chi connectivity index (χ3v) is 3.09. The van der Waals surface area contributed by atoms with Gasteiger partial charge in [0.25, 0.3) is 0 Å². The standard InChI is InChI=1S/C12H12ClN3O4/c1-17-10-6(13)4-7-11(19-3-2-18-7)9(10)12-15-8(5-14)20-16-12/h4H,2-3,5,14H2,1H3. The van der Waals surface area contributed by atoms with Crippen molar-refractivity contribution in [3.8, 4) is 28.6 Å². The topological polar surface area (TPSA) is 92.6 Å².